The third-order valence-corrected chi connectivity index (χ3v) is 4.33. The normalized spacial score (nSPS) is 26.1. The molecule has 2 atom stereocenters. The van der Waals surface area contributed by atoms with Crippen molar-refractivity contribution in [3.63, 3.8) is 0 Å². The van der Waals surface area contributed by atoms with Crippen molar-refractivity contribution in [3.05, 3.63) is 11.5 Å². The lowest BCUT2D eigenvalue weighted by molar-refractivity contribution is 0.429. The highest BCUT2D eigenvalue weighted by atomic mass is 32.2. The molecule has 3 nitrogen and oxygen atoms in total. The van der Waals surface area contributed by atoms with Gasteiger partial charge >= 0.3 is 0 Å². The predicted molar refractivity (Wildman–Crippen MR) is 62.3 cm³/mol. The van der Waals surface area contributed by atoms with Gasteiger partial charge in [-0.25, -0.2) is 4.98 Å². The number of rotatable bonds is 3. The maximum Gasteiger partial charge on any atom is 0.256 e. The minimum atomic E-state index is 0.613. The van der Waals surface area contributed by atoms with Crippen LogP contribution in [0.4, 0.5) is 0 Å². The standard InChI is InChI=1S/C11H18N2OS/c1-7-8(2)14-11(13-7)15-10-6-4-5-9(10)12-3/h9-10,12H,4-6H2,1-3H3. The van der Waals surface area contributed by atoms with Crippen LogP contribution in [-0.2, 0) is 0 Å². The molecule has 0 bridgehead atoms. The fourth-order valence-electron chi connectivity index (χ4n) is 2.02. The molecular formula is C11H18N2OS. The highest BCUT2D eigenvalue weighted by Gasteiger charge is 2.28. The van der Waals surface area contributed by atoms with Crippen LogP contribution < -0.4 is 5.32 Å². The molecule has 0 saturated heterocycles. The van der Waals surface area contributed by atoms with Gasteiger partial charge in [0.15, 0.2) is 0 Å². The van der Waals surface area contributed by atoms with E-state index >= 15 is 0 Å². The molecule has 0 aliphatic heterocycles. The lowest BCUT2D eigenvalue weighted by atomic mass is 10.2. The maximum absolute atomic E-state index is 5.59. The fraction of sp³-hybridized carbons (Fsp3) is 0.727. The van der Waals surface area contributed by atoms with E-state index in [1.807, 2.05) is 20.9 Å². The molecule has 0 spiro atoms. The van der Waals surface area contributed by atoms with Gasteiger partial charge in [0.05, 0.1) is 5.69 Å². The third kappa shape index (κ3) is 2.37. The SMILES string of the molecule is CNC1CCCC1Sc1nc(C)c(C)o1. The van der Waals surface area contributed by atoms with Gasteiger partial charge in [0.2, 0.25) is 0 Å². The summed E-state index contributed by atoms with van der Waals surface area (Å²) in [6.45, 7) is 3.96. The first-order chi connectivity index (χ1) is 7.20. The Morgan fingerprint density at radius 1 is 1.40 bits per heavy atom. The van der Waals surface area contributed by atoms with Crippen LogP contribution in [0.3, 0.4) is 0 Å². The Hall–Kier alpha value is -0.480. The quantitative estimate of drug-likeness (QED) is 0.859. The van der Waals surface area contributed by atoms with Gasteiger partial charge < -0.3 is 9.73 Å². The van der Waals surface area contributed by atoms with Gasteiger partial charge in [-0.2, -0.15) is 0 Å². The highest BCUT2D eigenvalue weighted by molar-refractivity contribution is 7.99. The molecular weight excluding hydrogens is 208 g/mol. The first kappa shape index (κ1) is 11.0. The zero-order valence-corrected chi connectivity index (χ0v) is 10.4. The van der Waals surface area contributed by atoms with Crippen molar-refractivity contribution in [1.29, 1.82) is 0 Å². The number of nitrogens with zero attached hydrogens (tertiary/aromatic N) is 1. The number of aromatic nitrogens is 1. The van der Waals surface area contributed by atoms with Crippen LogP contribution in [0.1, 0.15) is 30.7 Å². The second-order valence-corrected chi connectivity index (χ2v) is 5.29. The van der Waals surface area contributed by atoms with Gasteiger partial charge in [-0.1, -0.05) is 18.2 Å². The summed E-state index contributed by atoms with van der Waals surface area (Å²) in [5.74, 6) is 0.941. The number of hydrogen-bond donors (Lipinski definition) is 1. The molecule has 0 radical (unpaired) electrons. The molecule has 1 aliphatic carbocycles. The summed E-state index contributed by atoms with van der Waals surface area (Å²) in [4.78, 5) is 4.41. The molecule has 84 valence electrons. The van der Waals surface area contributed by atoms with Gasteiger partial charge in [-0.05, 0) is 33.7 Å². The molecule has 2 rings (SSSR count). The molecule has 1 heterocycles. The van der Waals surface area contributed by atoms with E-state index < -0.39 is 0 Å². The van der Waals surface area contributed by atoms with Crippen LogP contribution in [0.15, 0.2) is 9.64 Å². The number of aryl methyl sites for hydroxylation is 2. The van der Waals surface area contributed by atoms with Crippen molar-refractivity contribution >= 4 is 11.8 Å². The number of thioether (sulfide) groups is 1. The van der Waals surface area contributed by atoms with Gasteiger partial charge in [0.1, 0.15) is 5.76 Å². The van der Waals surface area contributed by atoms with Crippen LogP contribution in [0.2, 0.25) is 0 Å². The van der Waals surface area contributed by atoms with E-state index in [4.69, 9.17) is 4.42 Å². The summed E-state index contributed by atoms with van der Waals surface area (Å²) in [6, 6.07) is 0.613. The van der Waals surface area contributed by atoms with E-state index in [1.54, 1.807) is 11.8 Å². The first-order valence-electron chi connectivity index (χ1n) is 5.48. The van der Waals surface area contributed by atoms with E-state index in [0.29, 0.717) is 11.3 Å². The van der Waals surface area contributed by atoms with Crippen LogP contribution in [0.25, 0.3) is 0 Å². The first-order valence-corrected chi connectivity index (χ1v) is 6.36. The van der Waals surface area contributed by atoms with Crippen LogP contribution in [-0.4, -0.2) is 23.3 Å². The molecule has 1 fully saturated rings. The van der Waals surface area contributed by atoms with Crippen molar-refractivity contribution in [3.8, 4) is 0 Å². The van der Waals surface area contributed by atoms with Gasteiger partial charge in [-0.3, -0.25) is 0 Å². The van der Waals surface area contributed by atoms with Gasteiger partial charge in [-0.15, -0.1) is 0 Å². The van der Waals surface area contributed by atoms with Crippen molar-refractivity contribution in [1.82, 2.24) is 10.3 Å². The Morgan fingerprint density at radius 3 is 2.80 bits per heavy atom. The molecule has 2 unspecified atom stereocenters. The lowest BCUT2D eigenvalue weighted by Gasteiger charge is -2.16. The van der Waals surface area contributed by atoms with Crippen LogP contribution in [0, 0.1) is 13.8 Å². The third-order valence-electron chi connectivity index (χ3n) is 3.08. The van der Waals surface area contributed by atoms with E-state index in [-0.39, 0.29) is 0 Å². The van der Waals surface area contributed by atoms with Crippen molar-refractivity contribution < 1.29 is 4.42 Å². The zero-order valence-electron chi connectivity index (χ0n) is 9.54. The maximum atomic E-state index is 5.59. The Kier molecular flexibility index (Phi) is 3.36. The molecule has 15 heavy (non-hydrogen) atoms. The molecule has 1 aromatic rings. The molecule has 1 N–H and O–H groups in total. The van der Waals surface area contributed by atoms with Crippen LogP contribution in [0.5, 0.6) is 0 Å². The zero-order chi connectivity index (χ0) is 10.8. The largest absolute Gasteiger partial charge is 0.437 e. The average Bonchev–Trinajstić information content (AvgIpc) is 2.75. The smallest absolute Gasteiger partial charge is 0.256 e. The van der Waals surface area contributed by atoms with E-state index in [1.165, 1.54) is 19.3 Å². The van der Waals surface area contributed by atoms with E-state index in [2.05, 4.69) is 10.3 Å². The second kappa shape index (κ2) is 4.58. The molecule has 1 aliphatic rings. The van der Waals surface area contributed by atoms with Crippen LogP contribution >= 0.6 is 11.8 Å². The minimum absolute atomic E-state index is 0.613. The average molecular weight is 226 g/mol. The van der Waals surface area contributed by atoms with E-state index in [0.717, 1.165) is 16.7 Å². The number of hydrogen-bond acceptors (Lipinski definition) is 4. The second-order valence-electron chi connectivity index (χ2n) is 4.10. The molecule has 1 aromatic heterocycles. The Balaban J connectivity index is 2.02. The van der Waals surface area contributed by atoms with Crippen molar-refractivity contribution in [2.75, 3.05) is 7.05 Å². The minimum Gasteiger partial charge on any atom is -0.437 e. The fourth-order valence-corrected chi connectivity index (χ4v) is 3.36. The van der Waals surface area contributed by atoms with Gasteiger partial charge in [0.25, 0.3) is 5.22 Å². The predicted octanol–water partition coefficient (Wildman–Crippen LogP) is 2.52. The van der Waals surface area contributed by atoms with Gasteiger partial charge in [0, 0.05) is 11.3 Å². The monoisotopic (exact) mass is 226 g/mol. The summed E-state index contributed by atoms with van der Waals surface area (Å²) >= 11 is 1.78. The molecule has 0 aromatic carbocycles. The Labute approximate surface area is 95.0 Å². The van der Waals surface area contributed by atoms with Crippen molar-refractivity contribution in [2.45, 2.75) is 49.6 Å². The summed E-state index contributed by atoms with van der Waals surface area (Å²) in [5, 5.41) is 4.81. The summed E-state index contributed by atoms with van der Waals surface area (Å²) in [6.07, 6.45) is 3.84. The molecule has 4 heteroatoms. The van der Waals surface area contributed by atoms with Crippen molar-refractivity contribution in [2.24, 2.45) is 0 Å². The highest BCUT2D eigenvalue weighted by Crippen LogP contribution is 2.35. The molecule has 0 amide bonds. The van der Waals surface area contributed by atoms with E-state index in [9.17, 15) is 0 Å². The summed E-state index contributed by atoms with van der Waals surface area (Å²) in [7, 11) is 2.04. The number of nitrogens with one attached hydrogen (secondary N) is 1. The number of oxazole rings is 1. The Morgan fingerprint density at radius 2 is 2.20 bits per heavy atom. The lowest BCUT2D eigenvalue weighted by Crippen LogP contribution is -2.30. The summed E-state index contributed by atoms with van der Waals surface area (Å²) in [5.41, 5.74) is 1.01. The summed E-state index contributed by atoms with van der Waals surface area (Å²) < 4.78 is 5.59. The molecule has 1 saturated carbocycles. The topological polar surface area (TPSA) is 38.1 Å². The Bertz CT molecular complexity index is 318.